The number of carbonyl (C=O) groups is 1. The summed E-state index contributed by atoms with van der Waals surface area (Å²) in [6.07, 6.45) is 1.91. The van der Waals surface area contributed by atoms with E-state index in [1.54, 1.807) is 6.92 Å². The Balaban J connectivity index is 1.50. The molecule has 3 aromatic rings. The van der Waals surface area contributed by atoms with E-state index in [1.807, 2.05) is 36.4 Å². The Kier molecular flexibility index (Phi) is 4.81. The van der Waals surface area contributed by atoms with Gasteiger partial charge in [-0.1, -0.05) is 41.7 Å². The van der Waals surface area contributed by atoms with Gasteiger partial charge in [-0.3, -0.25) is 0 Å². The molecular weight excluding hydrogens is 362 g/mol. The van der Waals surface area contributed by atoms with Crippen molar-refractivity contribution in [2.75, 3.05) is 7.11 Å². The zero-order chi connectivity index (χ0) is 18.8. The number of hydrogen-bond donors (Lipinski definition) is 0. The Morgan fingerprint density at radius 3 is 2.81 bits per heavy atom. The summed E-state index contributed by atoms with van der Waals surface area (Å²) >= 11 is 1.18. The molecule has 0 radical (unpaired) electrons. The smallest absolute Gasteiger partial charge is 0.350 e. The van der Waals surface area contributed by atoms with Crippen molar-refractivity contribution < 1.29 is 19.0 Å². The second kappa shape index (κ2) is 7.40. The molecule has 1 aromatic heterocycles. The molecule has 1 aliphatic heterocycles. The van der Waals surface area contributed by atoms with Crippen LogP contribution < -0.4 is 9.47 Å². The van der Waals surface area contributed by atoms with E-state index in [2.05, 4.69) is 17.1 Å². The number of ether oxygens (including phenoxy) is 3. The molecule has 0 N–H and O–H groups in total. The Bertz CT molecular complexity index is 968. The first kappa shape index (κ1) is 17.5. The molecule has 0 saturated heterocycles. The molecule has 2 heterocycles. The zero-order valence-corrected chi connectivity index (χ0v) is 15.9. The van der Waals surface area contributed by atoms with Crippen molar-refractivity contribution in [2.24, 2.45) is 0 Å². The predicted octanol–water partition coefficient (Wildman–Crippen LogP) is 5.10. The van der Waals surface area contributed by atoms with E-state index in [0.29, 0.717) is 21.5 Å². The normalized spacial score (nSPS) is 15.6. The number of fused-ring (bicyclic) bond motifs is 1. The molecule has 5 nitrogen and oxygen atoms in total. The van der Waals surface area contributed by atoms with Crippen LogP contribution in [0, 0.1) is 6.92 Å². The number of benzene rings is 2. The predicted molar refractivity (Wildman–Crippen MR) is 103 cm³/mol. The molecule has 0 saturated carbocycles. The summed E-state index contributed by atoms with van der Waals surface area (Å²) in [5.74, 6) is 1.17. The molecule has 1 unspecified atom stereocenters. The van der Waals surface area contributed by atoms with Gasteiger partial charge in [-0.25, -0.2) is 9.78 Å². The number of rotatable bonds is 4. The number of hydrogen-bond acceptors (Lipinski definition) is 6. The van der Waals surface area contributed by atoms with E-state index in [0.717, 1.165) is 24.2 Å². The van der Waals surface area contributed by atoms with Crippen LogP contribution in [0.2, 0.25) is 0 Å². The number of nitrogens with zero attached hydrogens (tertiary/aromatic N) is 1. The maximum atomic E-state index is 11.7. The highest BCUT2D eigenvalue weighted by Crippen LogP contribution is 2.38. The Labute approximate surface area is 161 Å². The first-order valence-corrected chi connectivity index (χ1v) is 9.54. The molecule has 138 valence electrons. The van der Waals surface area contributed by atoms with Crippen LogP contribution in [-0.4, -0.2) is 18.1 Å². The molecule has 4 rings (SSSR count). The van der Waals surface area contributed by atoms with Gasteiger partial charge in [-0.05, 0) is 49.1 Å². The number of esters is 1. The molecule has 0 fully saturated rings. The highest BCUT2D eigenvalue weighted by Gasteiger charge is 2.22. The van der Waals surface area contributed by atoms with Gasteiger partial charge in [0, 0.05) is 0 Å². The van der Waals surface area contributed by atoms with Gasteiger partial charge in [0.2, 0.25) is 0 Å². The lowest BCUT2D eigenvalue weighted by atomic mass is 9.97. The summed E-state index contributed by atoms with van der Waals surface area (Å²) in [6.45, 7) is 1.76. The third kappa shape index (κ3) is 3.66. The number of methoxy groups -OCH3 is 1. The summed E-state index contributed by atoms with van der Waals surface area (Å²) < 4.78 is 16.8. The third-order valence-electron chi connectivity index (χ3n) is 4.50. The summed E-state index contributed by atoms with van der Waals surface area (Å²) in [4.78, 5) is 16.5. The van der Waals surface area contributed by atoms with Gasteiger partial charge in [-0.15, -0.1) is 0 Å². The lowest BCUT2D eigenvalue weighted by molar-refractivity contribution is 0.0605. The molecule has 2 aromatic carbocycles. The largest absolute Gasteiger partial charge is 0.485 e. The maximum absolute atomic E-state index is 11.7. The quantitative estimate of drug-likeness (QED) is 0.589. The van der Waals surface area contributed by atoms with E-state index >= 15 is 0 Å². The standard InChI is InChI=1S/C21H19NO4S/c1-13-19(20(23)24-2)27-21(22-13)25-16-9-11-18-15(12-16)8-10-17(26-18)14-6-4-3-5-7-14/h3-7,9,11-12,17H,8,10H2,1-2H3. The van der Waals surface area contributed by atoms with Crippen molar-refractivity contribution in [3.05, 3.63) is 70.2 Å². The van der Waals surface area contributed by atoms with Crippen LogP contribution in [0.1, 0.15) is 39.0 Å². The minimum absolute atomic E-state index is 0.0784. The number of aryl methyl sites for hydroxylation is 2. The zero-order valence-electron chi connectivity index (χ0n) is 15.1. The van der Waals surface area contributed by atoms with Crippen molar-refractivity contribution in [2.45, 2.75) is 25.9 Å². The second-order valence-electron chi connectivity index (χ2n) is 6.31. The van der Waals surface area contributed by atoms with Crippen molar-refractivity contribution in [1.29, 1.82) is 0 Å². The fourth-order valence-electron chi connectivity index (χ4n) is 3.13. The summed E-state index contributed by atoms with van der Waals surface area (Å²) in [6, 6.07) is 16.0. The minimum Gasteiger partial charge on any atom is -0.485 e. The monoisotopic (exact) mass is 381 g/mol. The SMILES string of the molecule is COC(=O)c1sc(Oc2ccc3c(c2)CCC(c2ccccc2)O3)nc1C. The van der Waals surface area contributed by atoms with E-state index < -0.39 is 5.97 Å². The first-order valence-electron chi connectivity index (χ1n) is 8.72. The van der Waals surface area contributed by atoms with Crippen LogP contribution in [0.25, 0.3) is 0 Å². The Hall–Kier alpha value is -2.86. The van der Waals surface area contributed by atoms with Crippen LogP contribution in [0.3, 0.4) is 0 Å². The van der Waals surface area contributed by atoms with Crippen molar-refractivity contribution in [3.8, 4) is 16.7 Å². The molecular formula is C21H19NO4S. The lowest BCUT2D eigenvalue weighted by Crippen LogP contribution is -2.15. The van der Waals surface area contributed by atoms with Crippen molar-refractivity contribution >= 4 is 17.3 Å². The van der Waals surface area contributed by atoms with Crippen LogP contribution >= 0.6 is 11.3 Å². The fraction of sp³-hybridized carbons (Fsp3) is 0.238. The highest BCUT2D eigenvalue weighted by atomic mass is 32.1. The average molecular weight is 381 g/mol. The van der Waals surface area contributed by atoms with Crippen LogP contribution in [0.5, 0.6) is 16.7 Å². The second-order valence-corrected chi connectivity index (χ2v) is 7.27. The molecule has 0 spiro atoms. The summed E-state index contributed by atoms with van der Waals surface area (Å²) in [7, 11) is 1.36. The molecule has 6 heteroatoms. The molecule has 0 aliphatic carbocycles. The lowest BCUT2D eigenvalue weighted by Gasteiger charge is -2.26. The van der Waals surface area contributed by atoms with Gasteiger partial charge in [-0.2, -0.15) is 0 Å². The highest BCUT2D eigenvalue weighted by molar-refractivity contribution is 7.15. The molecule has 1 aliphatic rings. The van der Waals surface area contributed by atoms with Gasteiger partial charge >= 0.3 is 5.97 Å². The van der Waals surface area contributed by atoms with Gasteiger partial charge < -0.3 is 14.2 Å². The average Bonchev–Trinajstić information content (AvgIpc) is 3.07. The minimum atomic E-state index is -0.398. The van der Waals surface area contributed by atoms with Crippen molar-refractivity contribution in [3.63, 3.8) is 0 Å². The van der Waals surface area contributed by atoms with E-state index in [-0.39, 0.29) is 6.10 Å². The van der Waals surface area contributed by atoms with Crippen LogP contribution in [-0.2, 0) is 11.2 Å². The van der Waals surface area contributed by atoms with E-state index in [9.17, 15) is 4.79 Å². The fourth-order valence-corrected chi connectivity index (χ4v) is 3.98. The number of thiazole rings is 1. The Morgan fingerprint density at radius 2 is 2.04 bits per heavy atom. The number of aromatic nitrogens is 1. The summed E-state index contributed by atoms with van der Waals surface area (Å²) in [5.41, 5.74) is 2.91. The number of carbonyl (C=O) groups excluding carboxylic acids is 1. The molecule has 1 atom stereocenters. The van der Waals surface area contributed by atoms with E-state index in [1.165, 1.54) is 24.0 Å². The third-order valence-corrected chi connectivity index (χ3v) is 5.52. The van der Waals surface area contributed by atoms with Gasteiger partial charge in [0.25, 0.3) is 5.19 Å². The maximum Gasteiger partial charge on any atom is 0.350 e. The van der Waals surface area contributed by atoms with Gasteiger partial charge in [0.1, 0.15) is 22.5 Å². The Morgan fingerprint density at radius 1 is 1.22 bits per heavy atom. The summed E-state index contributed by atoms with van der Waals surface area (Å²) in [5, 5.41) is 0.423. The first-order chi connectivity index (χ1) is 13.1. The van der Waals surface area contributed by atoms with Crippen molar-refractivity contribution in [1.82, 2.24) is 4.98 Å². The topological polar surface area (TPSA) is 57.7 Å². The van der Waals surface area contributed by atoms with Crippen LogP contribution in [0.15, 0.2) is 48.5 Å². The van der Waals surface area contributed by atoms with Gasteiger partial charge in [0.15, 0.2) is 0 Å². The van der Waals surface area contributed by atoms with E-state index in [4.69, 9.17) is 14.2 Å². The molecule has 0 bridgehead atoms. The molecule has 0 amide bonds. The van der Waals surface area contributed by atoms with Crippen LogP contribution in [0.4, 0.5) is 0 Å². The van der Waals surface area contributed by atoms with Gasteiger partial charge in [0.05, 0.1) is 12.8 Å². The molecule has 27 heavy (non-hydrogen) atoms.